The van der Waals surface area contributed by atoms with E-state index in [0.717, 1.165) is 31.1 Å². The van der Waals surface area contributed by atoms with Crippen LogP contribution in [0.2, 0.25) is 5.02 Å². The van der Waals surface area contributed by atoms with Gasteiger partial charge in [0.15, 0.2) is 0 Å². The predicted octanol–water partition coefficient (Wildman–Crippen LogP) is 4.88. The number of nitrogens with zero attached hydrogens (tertiary/aromatic N) is 2. The molecule has 14 heteroatoms. The van der Waals surface area contributed by atoms with Crippen molar-refractivity contribution in [1.29, 1.82) is 0 Å². The number of ketones is 1. The van der Waals surface area contributed by atoms with E-state index >= 15 is 0 Å². The first kappa shape index (κ1) is 27.0. The molecular formula is C21H17ClF6N2O4S. The number of alkyl halides is 6. The molecule has 2 aliphatic heterocycles. The van der Waals surface area contributed by atoms with E-state index in [0.29, 0.717) is 22.9 Å². The number of carboxylic acid groups (broad SMARTS) is 1. The lowest BCUT2D eigenvalue weighted by Gasteiger charge is -2.34. The Bertz CT molecular complexity index is 1100. The molecule has 1 amide bonds. The van der Waals surface area contributed by atoms with E-state index < -0.39 is 29.0 Å². The number of carboxylic acids is 1. The van der Waals surface area contributed by atoms with Crippen molar-refractivity contribution < 1.29 is 45.8 Å². The predicted molar refractivity (Wildman–Crippen MR) is 113 cm³/mol. The number of fused-ring (bicyclic) bond motifs is 2. The molecule has 0 aliphatic carbocycles. The summed E-state index contributed by atoms with van der Waals surface area (Å²) in [7, 11) is 0. The summed E-state index contributed by atoms with van der Waals surface area (Å²) in [6, 6.07) is 10.3. The summed E-state index contributed by atoms with van der Waals surface area (Å²) in [6.07, 6.45) is -9.17. The van der Waals surface area contributed by atoms with E-state index in [2.05, 4.69) is 4.90 Å². The lowest BCUT2D eigenvalue weighted by Crippen LogP contribution is -2.48. The summed E-state index contributed by atoms with van der Waals surface area (Å²) in [6.45, 7) is 2.03. The number of Topliss-reactive ketones (excluding diaryl/α,β-unsaturated/α-hetero) is 1. The van der Waals surface area contributed by atoms with Gasteiger partial charge in [-0.25, -0.2) is 4.79 Å². The number of thiophene rings is 1. The van der Waals surface area contributed by atoms with Gasteiger partial charge in [0.05, 0.1) is 9.75 Å². The number of rotatable bonds is 4. The van der Waals surface area contributed by atoms with Crippen molar-refractivity contribution in [2.45, 2.75) is 37.4 Å². The first-order valence-corrected chi connectivity index (χ1v) is 11.2. The maximum Gasteiger partial charge on any atom is 0.490 e. The van der Waals surface area contributed by atoms with E-state index in [1.54, 1.807) is 4.90 Å². The minimum Gasteiger partial charge on any atom is -0.475 e. The second kappa shape index (κ2) is 10.2. The summed E-state index contributed by atoms with van der Waals surface area (Å²) in [4.78, 5) is 36.7. The molecule has 2 aliphatic rings. The van der Waals surface area contributed by atoms with Crippen LogP contribution in [0.4, 0.5) is 26.3 Å². The molecule has 0 saturated carbocycles. The third-order valence-electron chi connectivity index (χ3n) is 5.45. The lowest BCUT2D eigenvalue weighted by molar-refractivity contribution is -0.192. The summed E-state index contributed by atoms with van der Waals surface area (Å²) in [5.41, 5.74) is 1.14. The van der Waals surface area contributed by atoms with E-state index in [-0.39, 0.29) is 22.9 Å². The quantitative estimate of drug-likeness (QED) is 0.440. The molecule has 2 atom stereocenters. The third-order valence-corrected chi connectivity index (χ3v) is 6.78. The second-order valence-electron chi connectivity index (χ2n) is 7.85. The number of carbonyl (C=O) groups excluding carboxylic acids is 2. The smallest absolute Gasteiger partial charge is 0.475 e. The molecule has 4 rings (SSSR count). The van der Waals surface area contributed by atoms with E-state index in [4.69, 9.17) is 21.5 Å². The van der Waals surface area contributed by atoms with Crippen LogP contribution in [0, 0.1) is 0 Å². The number of aliphatic carboxylic acids is 1. The van der Waals surface area contributed by atoms with Crippen molar-refractivity contribution in [1.82, 2.24) is 9.80 Å². The number of carbonyl (C=O) groups is 3. The number of hydrogen-bond acceptors (Lipinski definition) is 5. The van der Waals surface area contributed by atoms with E-state index in [1.165, 1.54) is 6.07 Å². The first-order valence-electron chi connectivity index (χ1n) is 9.97. The van der Waals surface area contributed by atoms with Crippen LogP contribution in [0.5, 0.6) is 0 Å². The van der Waals surface area contributed by atoms with Crippen LogP contribution in [0.25, 0.3) is 0 Å². The van der Waals surface area contributed by atoms with Crippen molar-refractivity contribution in [3.63, 3.8) is 0 Å². The average molecular weight is 543 g/mol. The monoisotopic (exact) mass is 542 g/mol. The average Bonchev–Trinajstić information content (AvgIpc) is 3.49. The Labute approximate surface area is 203 Å². The van der Waals surface area contributed by atoms with Crippen LogP contribution in [0.15, 0.2) is 36.4 Å². The van der Waals surface area contributed by atoms with Crippen molar-refractivity contribution in [3.05, 3.63) is 56.7 Å². The van der Waals surface area contributed by atoms with Gasteiger partial charge in [-0.2, -0.15) is 26.3 Å². The molecule has 2 fully saturated rings. The van der Waals surface area contributed by atoms with E-state index in [9.17, 15) is 35.9 Å². The van der Waals surface area contributed by atoms with Crippen LogP contribution < -0.4 is 0 Å². The highest BCUT2D eigenvalue weighted by Gasteiger charge is 2.46. The Hall–Kier alpha value is -2.64. The SMILES string of the molecule is O=C(O)C(F)(F)F.O=C(c1ccc(C(=O)C(F)(F)F)s1)N1C[C@@H]2C[C@H]1CN2Cc1ccc(Cl)cc1. The van der Waals surface area contributed by atoms with Crippen molar-refractivity contribution in [3.8, 4) is 0 Å². The molecule has 2 saturated heterocycles. The fourth-order valence-corrected chi connectivity index (χ4v) is 4.92. The van der Waals surface area contributed by atoms with Crippen molar-refractivity contribution in [2.24, 2.45) is 0 Å². The topological polar surface area (TPSA) is 77.9 Å². The molecule has 1 N–H and O–H groups in total. The maximum absolute atomic E-state index is 12.7. The Morgan fingerprint density at radius 1 is 0.914 bits per heavy atom. The highest BCUT2D eigenvalue weighted by atomic mass is 35.5. The number of piperazine rings is 1. The maximum atomic E-state index is 12.7. The fraction of sp³-hybridized carbons (Fsp3) is 0.381. The van der Waals surface area contributed by atoms with Crippen LogP contribution in [0.3, 0.4) is 0 Å². The summed E-state index contributed by atoms with van der Waals surface area (Å²) < 4.78 is 69.4. The minimum absolute atomic E-state index is 0.0358. The lowest BCUT2D eigenvalue weighted by atomic mass is 10.2. The summed E-state index contributed by atoms with van der Waals surface area (Å²) in [5.74, 6) is -4.97. The molecule has 0 radical (unpaired) electrons. The number of halogens is 7. The molecule has 190 valence electrons. The van der Waals surface area contributed by atoms with Gasteiger partial charge in [-0.3, -0.25) is 14.5 Å². The molecule has 3 heterocycles. The second-order valence-corrected chi connectivity index (χ2v) is 9.37. The highest BCUT2D eigenvalue weighted by Crippen LogP contribution is 2.34. The molecule has 35 heavy (non-hydrogen) atoms. The molecule has 0 spiro atoms. The standard InChI is InChI=1S/C19H16ClF3N2O2S.C2HF3O2/c20-12-3-1-11(2-4-12)8-24-9-14-7-13(24)10-25(14)18(27)16-6-5-15(28-16)17(26)19(21,22)23;3-2(4,5)1(6)7/h1-6,13-14H,7-10H2;(H,6,7)/t13-,14-;/m0./s1. The zero-order chi connectivity index (χ0) is 26.1. The van der Waals surface area contributed by atoms with Crippen LogP contribution in [-0.2, 0) is 11.3 Å². The number of amides is 1. The van der Waals surface area contributed by atoms with Crippen LogP contribution in [-0.4, -0.2) is 70.1 Å². The molecule has 2 aromatic rings. The van der Waals surface area contributed by atoms with Gasteiger partial charge in [-0.1, -0.05) is 23.7 Å². The van der Waals surface area contributed by atoms with Gasteiger partial charge in [0, 0.05) is 36.7 Å². The van der Waals surface area contributed by atoms with Gasteiger partial charge in [0.25, 0.3) is 11.7 Å². The number of likely N-dealkylation sites (tertiary alicyclic amines) is 2. The van der Waals surface area contributed by atoms with E-state index in [1.807, 2.05) is 24.3 Å². The van der Waals surface area contributed by atoms with Crippen molar-refractivity contribution >= 4 is 40.6 Å². The van der Waals surface area contributed by atoms with Gasteiger partial charge >= 0.3 is 18.3 Å². The molecular weight excluding hydrogens is 526 g/mol. The highest BCUT2D eigenvalue weighted by molar-refractivity contribution is 7.16. The zero-order valence-electron chi connectivity index (χ0n) is 17.6. The summed E-state index contributed by atoms with van der Waals surface area (Å²) in [5, 5.41) is 7.81. The van der Waals surface area contributed by atoms with Gasteiger partial charge in [0.2, 0.25) is 0 Å². The fourth-order valence-electron chi connectivity index (χ4n) is 3.87. The van der Waals surface area contributed by atoms with Gasteiger partial charge in [-0.15, -0.1) is 11.3 Å². The van der Waals surface area contributed by atoms with Crippen LogP contribution >= 0.6 is 22.9 Å². The number of hydrogen-bond donors (Lipinski definition) is 1. The molecule has 1 aromatic heterocycles. The Morgan fingerprint density at radius 3 is 1.97 bits per heavy atom. The molecule has 6 nitrogen and oxygen atoms in total. The molecule has 1 aromatic carbocycles. The third kappa shape index (κ3) is 6.53. The normalized spacial score (nSPS) is 19.9. The molecule has 2 bridgehead atoms. The Morgan fingerprint density at radius 2 is 1.49 bits per heavy atom. The first-order chi connectivity index (χ1) is 16.2. The van der Waals surface area contributed by atoms with Crippen LogP contribution in [0.1, 0.15) is 31.3 Å². The molecule has 0 unspecified atom stereocenters. The van der Waals surface area contributed by atoms with Crippen molar-refractivity contribution in [2.75, 3.05) is 13.1 Å². The van der Waals surface area contributed by atoms with Gasteiger partial charge in [0.1, 0.15) is 0 Å². The van der Waals surface area contributed by atoms with Gasteiger partial charge < -0.3 is 10.0 Å². The Balaban J connectivity index is 0.000000429. The zero-order valence-corrected chi connectivity index (χ0v) is 19.1. The minimum atomic E-state index is -5.08. The van der Waals surface area contributed by atoms with Gasteiger partial charge in [-0.05, 0) is 36.2 Å². The Kier molecular flexibility index (Phi) is 7.82. The summed E-state index contributed by atoms with van der Waals surface area (Å²) >= 11 is 6.52. The number of benzene rings is 1. The largest absolute Gasteiger partial charge is 0.490 e.